The Bertz CT molecular complexity index is 946. The molecule has 0 spiro atoms. The van der Waals surface area contributed by atoms with Gasteiger partial charge in [-0.1, -0.05) is 23.7 Å². The molecule has 3 rings (SSSR count). The number of urea groups is 1. The topological polar surface area (TPSA) is 78.5 Å². The number of nitrogens with zero attached hydrogens (tertiary/aromatic N) is 1. The third-order valence-electron chi connectivity index (χ3n) is 4.83. The number of hydrogen-bond acceptors (Lipinski definition) is 3. The van der Waals surface area contributed by atoms with Gasteiger partial charge in [0, 0.05) is 30.3 Å². The minimum Gasteiger partial charge on any atom is -0.325 e. The van der Waals surface area contributed by atoms with Gasteiger partial charge in [0.15, 0.2) is 0 Å². The Morgan fingerprint density at radius 2 is 1.83 bits per heavy atom. The summed E-state index contributed by atoms with van der Waals surface area (Å²) in [5, 5.41) is 3.24. The van der Waals surface area contributed by atoms with Crippen LogP contribution in [0.2, 0.25) is 5.02 Å². The standard InChI is InChI=1S/C20H23ClFN3O3S/c21-17-3-1-2-16(12-17)14-29(27,28)23-13-15-8-10-25(11-9-15)20(26)24-19-6-4-18(22)5-7-19/h1-7,12,15,23H,8-11,13-14H2,(H,24,26). The Balaban J connectivity index is 1.43. The van der Waals surface area contributed by atoms with Crippen LogP contribution in [0.3, 0.4) is 0 Å². The number of halogens is 2. The quantitative estimate of drug-likeness (QED) is 0.717. The van der Waals surface area contributed by atoms with E-state index in [0.717, 1.165) is 0 Å². The molecular weight excluding hydrogens is 417 g/mol. The average Bonchev–Trinajstić information content (AvgIpc) is 2.68. The third-order valence-corrected chi connectivity index (χ3v) is 6.39. The summed E-state index contributed by atoms with van der Waals surface area (Å²) in [5.74, 6) is -0.312. The molecule has 1 aliphatic rings. The van der Waals surface area contributed by atoms with Gasteiger partial charge < -0.3 is 10.2 Å². The lowest BCUT2D eigenvalue weighted by Crippen LogP contribution is -2.43. The highest BCUT2D eigenvalue weighted by atomic mass is 35.5. The van der Waals surface area contributed by atoms with Crippen molar-refractivity contribution >= 4 is 33.3 Å². The van der Waals surface area contributed by atoms with Crippen molar-refractivity contribution in [1.29, 1.82) is 0 Å². The maximum Gasteiger partial charge on any atom is 0.321 e. The van der Waals surface area contributed by atoms with Gasteiger partial charge in [0.25, 0.3) is 0 Å². The third kappa shape index (κ3) is 6.69. The van der Waals surface area contributed by atoms with Crippen LogP contribution in [-0.4, -0.2) is 39.0 Å². The number of carbonyl (C=O) groups is 1. The molecule has 1 heterocycles. The number of likely N-dealkylation sites (tertiary alicyclic amines) is 1. The molecule has 9 heteroatoms. The molecule has 0 atom stereocenters. The fraction of sp³-hybridized carbons (Fsp3) is 0.350. The molecule has 1 saturated heterocycles. The Kier molecular flexibility index (Phi) is 7.10. The number of benzene rings is 2. The van der Waals surface area contributed by atoms with Gasteiger partial charge in [-0.2, -0.15) is 0 Å². The minimum absolute atomic E-state index is 0.119. The van der Waals surface area contributed by atoms with Gasteiger partial charge in [-0.3, -0.25) is 0 Å². The monoisotopic (exact) mass is 439 g/mol. The lowest BCUT2D eigenvalue weighted by molar-refractivity contribution is 0.183. The van der Waals surface area contributed by atoms with Crippen LogP contribution in [-0.2, 0) is 15.8 Å². The zero-order valence-electron chi connectivity index (χ0n) is 15.8. The van der Waals surface area contributed by atoms with Crippen molar-refractivity contribution in [2.75, 3.05) is 25.0 Å². The van der Waals surface area contributed by atoms with E-state index < -0.39 is 10.0 Å². The lowest BCUT2D eigenvalue weighted by atomic mass is 9.97. The zero-order chi connectivity index (χ0) is 20.9. The molecule has 1 fully saturated rings. The maximum absolute atomic E-state index is 12.9. The van der Waals surface area contributed by atoms with Crippen LogP contribution >= 0.6 is 11.6 Å². The molecular formula is C20H23ClFN3O3S. The summed E-state index contributed by atoms with van der Waals surface area (Å²) in [6.45, 7) is 1.41. The highest BCUT2D eigenvalue weighted by Crippen LogP contribution is 2.19. The summed E-state index contributed by atoms with van der Waals surface area (Å²) >= 11 is 5.90. The van der Waals surface area contributed by atoms with Gasteiger partial charge in [0.05, 0.1) is 5.75 Å². The molecule has 2 amide bonds. The smallest absolute Gasteiger partial charge is 0.321 e. The first-order chi connectivity index (χ1) is 13.8. The summed E-state index contributed by atoms with van der Waals surface area (Å²) < 4.78 is 40.2. The van der Waals surface area contributed by atoms with Gasteiger partial charge in [-0.05, 0) is 60.7 Å². The summed E-state index contributed by atoms with van der Waals surface area (Å²) in [6.07, 6.45) is 1.41. The van der Waals surface area contributed by atoms with Crippen molar-refractivity contribution in [2.45, 2.75) is 18.6 Å². The van der Waals surface area contributed by atoms with Crippen molar-refractivity contribution in [3.63, 3.8) is 0 Å². The summed E-state index contributed by atoms with van der Waals surface area (Å²) in [6, 6.07) is 12.1. The molecule has 0 aromatic heterocycles. The van der Waals surface area contributed by atoms with Crippen LogP contribution in [0.5, 0.6) is 0 Å². The van der Waals surface area contributed by atoms with Gasteiger partial charge in [-0.15, -0.1) is 0 Å². The SMILES string of the molecule is O=C(Nc1ccc(F)cc1)N1CCC(CNS(=O)(=O)Cc2cccc(Cl)c2)CC1. The molecule has 1 aliphatic heterocycles. The number of nitrogens with one attached hydrogen (secondary N) is 2. The number of piperidine rings is 1. The second-order valence-electron chi connectivity index (χ2n) is 7.10. The lowest BCUT2D eigenvalue weighted by Gasteiger charge is -2.32. The van der Waals surface area contributed by atoms with E-state index in [1.807, 2.05) is 0 Å². The zero-order valence-corrected chi connectivity index (χ0v) is 17.3. The number of rotatable bonds is 6. The largest absolute Gasteiger partial charge is 0.325 e. The van der Waals surface area contributed by atoms with Crippen molar-refractivity contribution < 1.29 is 17.6 Å². The molecule has 156 valence electrons. The van der Waals surface area contributed by atoms with E-state index in [0.29, 0.717) is 48.7 Å². The number of anilines is 1. The molecule has 0 aliphatic carbocycles. The van der Waals surface area contributed by atoms with Crippen LogP contribution in [0, 0.1) is 11.7 Å². The van der Waals surface area contributed by atoms with Crippen LogP contribution in [0.25, 0.3) is 0 Å². The molecule has 0 saturated carbocycles. The second kappa shape index (κ2) is 9.56. The summed E-state index contributed by atoms with van der Waals surface area (Å²) in [7, 11) is -3.46. The van der Waals surface area contributed by atoms with E-state index in [9.17, 15) is 17.6 Å². The van der Waals surface area contributed by atoms with Crippen molar-refractivity contribution in [1.82, 2.24) is 9.62 Å². The molecule has 29 heavy (non-hydrogen) atoms. The molecule has 2 N–H and O–H groups in total. The summed E-state index contributed by atoms with van der Waals surface area (Å²) in [5.41, 5.74) is 1.17. The van der Waals surface area contributed by atoms with Crippen molar-refractivity contribution in [3.8, 4) is 0 Å². The predicted octanol–water partition coefficient (Wildman–Crippen LogP) is 3.84. The van der Waals surface area contributed by atoms with Gasteiger partial charge in [0.1, 0.15) is 5.82 Å². The fourth-order valence-electron chi connectivity index (χ4n) is 3.22. The number of carbonyl (C=O) groups excluding carboxylic acids is 1. The van der Waals surface area contributed by atoms with E-state index in [-0.39, 0.29) is 23.5 Å². The van der Waals surface area contributed by atoms with Crippen molar-refractivity contribution in [3.05, 3.63) is 64.9 Å². The minimum atomic E-state index is -3.46. The maximum atomic E-state index is 12.9. The molecule has 0 unspecified atom stereocenters. The second-order valence-corrected chi connectivity index (χ2v) is 9.35. The van der Waals surface area contributed by atoms with Crippen LogP contribution in [0.1, 0.15) is 18.4 Å². The van der Waals surface area contributed by atoms with E-state index >= 15 is 0 Å². The van der Waals surface area contributed by atoms with E-state index in [1.165, 1.54) is 24.3 Å². The first-order valence-electron chi connectivity index (χ1n) is 9.34. The van der Waals surface area contributed by atoms with Crippen LogP contribution in [0.15, 0.2) is 48.5 Å². The molecule has 6 nitrogen and oxygen atoms in total. The first-order valence-corrected chi connectivity index (χ1v) is 11.4. The van der Waals surface area contributed by atoms with Gasteiger partial charge in [0.2, 0.25) is 10.0 Å². The molecule has 2 aromatic carbocycles. The van der Waals surface area contributed by atoms with E-state index in [1.54, 1.807) is 29.2 Å². The Hall–Kier alpha value is -2.16. The normalized spacial score (nSPS) is 15.3. The predicted molar refractivity (Wildman–Crippen MR) is 112 cm³/mol. The van der Waals surface area contributed by atoms with Crippen LogP contribution in [0.4, 0.5) is 14.9 Å². The molecule has 0 radical (unpaired) electrons. The van der Waals surface area contributed by atoms with Crippen molar-refractivity contribution in [2.24, 2.45) is 5.92 Å². The Morgan fingerprint density at radius 3 is 2.48 bits per heavy atom. The molecule has 0 bridgehead atoms. The van der Waals surface area contributed by atoms with Gasteiger partial charge >= 0.3 is 6.03 Å². The number of hydrogen-bond donors (Lipinski definition) is 2. The Labute approximate surface area is 175 Å². The average molecular weight is 440 g/mol. The van der Waals surface area contributed by atoms with E-state index in [4.69, 9.17) is 11.6 Å². The fourth-order valence-corrected chi connectivity index (χ4v) is 4.64. The first kappa shape index (κ1) is 21.5. The molecule has 2 aromatic rings. The Morgan fingerprint density at radius 1 is 1.14 bits per heavy atom. The summed E-state index contributed by atoms with van der Waals surface area (Å²) in [4.78, 5) is 14.0. The highest BCUT2D eigenvalue weighted by molar-refractivity contribution is 7.88. The van der Waals surface area contributed by atoms with Crippen LogP contribution < -0.4 is 10.0 Å². The number of amides is 2. The number of sulfonamides is 1. The highest BCUT2D eigenvalue weighted by Gasteiger charge is 2.24. The van der Waals surface area contributed by atoms with E-state index in [2.05, 4.69) is 10.0 Å². The van der Waals surface area contributed by atoms with Gasteiger partial charge in [-0.25, -0.2) is 22.3 Å².